The lowest BCUT2D eigenvalue weighted by Crippen LogP contribution is -1.85. The van der Waals surface area contributed by atoms with Crippen molar-refractivity contribution < 1.29 is 9.09 Å². The smallest absolute Gasteiger partial charge is 0.222 e. The minimum absolute atomic E-state index is 0.109. The number of rotatable bonds is 3. The first kappa shape index (κ1) is 9.49. The maximum atomic E-state index is 11.2. The second-order valence-corrected chi connectivity index (χ2v) is 4.24. The molecular formula is C7H11O2P. The Hall–Kier alpha value is -0.510. The molecule has 56 valence electrons. The van der Waals surface area contributed by atoms with Gasteiger partial charge < -0.3 is 4.52 Å². The minimum atomic E-state index is -2.53. The first-order chi connectivity index (χ1) is 4.62. The molecule has 0 aliphatic rings. The van der Waals surface area contributed by atoms with Gasteiger partial charge in [0.1, 0.15) is 6.61 Å². The van der Waals surface area contributed by atoms with Crippen molar-refractivity contribution in [3.05, 3.63) is 11.9 Å². The molecule has 0 saturated carbocycles. The molecule has 0 aromatic rings. The molecule has 0 aromatic carbocycles. The summed E-state index contributed by atoms with van der Waals surface area (Å²) in [5, 5.41) is 0. The quantitative estimate of drug-likeness (QED) is 0.464. The summed E-state index contributed by atoms with van der Waals surface area (Å²) < 4.78 is 16.0. The molecule has 3 heteroatoms. The van der Waals surface area contributed by atoms with E-state index in [9.17, 15) is 4.57 Å². The van der Waals surface area contributed by atoms with Crippen LogP contribution in [0.4, 0.5) is 0 Å². The Morgan fingerprint density at radius 3 is 2.80 bits per heavy atom. The highest BCUT2D eigenvalue weighted by molar-refractivity contribution is 7.61. The van der Waals surface area contributed by atoms with Crippen molar-refractivity contribution in [1.82, 2.24) is 0 Å². The third-order valence-corrected chi connectivity index (χ3v) is 2.31. The molecule has 0 rings (SSSR count). The zero-order valence-electron chi connectivity index (χ0n) is 6.20. The van der Waals surface area contributed by atoms with E-state index in [1.165, 1.54) is 12.5 Å². The predicted molar refractivity (Wildman–Crippen MR) is 43.1 cm³/mol. The Balaban J connectivity index is 3.91. The van der Waals surface area contributed by atoms with Crippen LogP contribution in [0.25, 0.3) is 0 Å². The van der Waals surface area contributed by atoms with Crippen LogP contribution < -0.4 is 0 Å². The van der Waals surface area contributed by atoms with Crippen molar-refractivity contribution in [2.45, 2.75) is 6.92 Å². The SMILES string of the molecule is C#CCOP(C)(=O)C=CC. The largest absolute Gasteiger partial charge is 0.313 e. The molecule has 1 atom stereocenters. The highest BCUT2D eigenvalue weighted by Gasteiger charge is 2.08. The molecule has 0 radical (unpaired) electrons. The Morgan fingerprint density at radius 1 is 1.80 bits per heavy atom. The Morgan fingerprint density at radius 2 is 2.40 bits per heavy atom. The number of allylic oxidation sites excluding steroid dienone is 1. The van der Waals surface area contributed by atoms with Crippen LogP contribution in [0.1, 0.15) is 6.92 Å². The Bertz CT molecular complexity index is 200. The normalized spacial score (nSPS) is 16.5. The van der Waals surface area contributed by atoms with Gasteiger partial charge in [0.05, 0.1) is 0 Å². The van der Waals surface area contributed by atoms with Crippen LogP contribution in [0, 0.1) is 12.3 Å². The second-order valence-electron chi connectivity index (χ2n) is 1.87. The van der Waals surface area contributed by atoms with Crippen LogP contribution in [0.3, 0.4) is 0 Å². The number of hydrogen-bond acceptors (Lipinski definition) is 2. The van der Waals surface area contributed by atoms with Gasteiger partial charge in [0, 0.05) is 6.66 Å². The summed E-state index contributed by atoms with van der Waals surface area (Å²) in [5.41, 5.74) is 0. The van der Waals surface area contributed by atoms with Gasteiger partial charge in [0.2, 0.25) is 7.37 Å². The summed E-state index contributed by atoms with van der Waals surface area (Å²) in [5.74, 6) is 3.79. The monoisotopic (exact) mass is 158 g/mol. The van der Waals surface area contributed by atoms with E-state index < -0.39 is 7.37 Å². The fourth-order valence-electron chi connectivity index (χ4n) is 0.479. The zero-order valence-corrected chi connectivity index (χ0v) is 7.10. The van der Waals surface area contributed by atoms with E-state index in [1.807, 2.05) is 0 Å². The molecule has 0 N–H and O–H groups in total. The van der Waals surface area contributed by atoms with Gasteiger partial charge in [-0.3, -0.25) is 4.57 Å². The van der Waals surface area contributed by atoms with E-state index in [-0.39, 0.29) is 6.61 Å². The van der Waals surface area contributed by atoms with Gasteiger partial charge in [-0.2, -0.15) is 0 Å². The van der Waals surface area contributed by atoms with Crippen molar-refractivity contribution in [2.24, 2.45) is 0 Å². The van der Waals surface area contributed by atoms with Gasteiger partial charge in [-0.1, -0.05) is 12.0 Å². The molecule has 0 bridgehead atoms. The molecule has 0 heterocycles. The second kappa shape index (κ2) is 4.33. The van der Waals surface area contributed by atoms with E-state index in [2.05, 4.69) is 5.92 Å². The molecule has 0 aromatic heterocycles. The van der Waals surface area contributed by atoms with E-state index in [0.29, 0.717) is 0 Å². The first-order valence-corrected chi connectivity index (χ1v) is 5.05. The first-order valence-electron chi connectivity index (χ1n) is 2.91. The van der Waals surface area contributed by atoms with Gasteiger partial charge >= 0.3 is 0 Å². The van der Waals surface area contributed by atoms with Crippen LogP contribution in [-0.4, -0.2) is 13.3 Å². The van der Waals surface area contributed by atoms with Crippen molar-refractivity contribution in [3.63, 3.8) is 0 Å². The van der Waals surface area contributed by atoms with E-state index in [0.717, 1.165) is 0 Å². The lowest BCUT2D eigenvalue weighted by Gasteiger charge is -2.04. The number of hydrogen-bond donors (Lipinski definition) is 0. The van der Waals surface area contributed by atoms with Crippen LogP contribution in [-0.2, 0) is 9.09 Å². The average Bonchev–Trinajstić information content (AvgIpc) is 1.84. The van der Waals surface area contributed by atoms with E-state index in [4.69, 9.17) is 10.9 Å². The summed E-state index contributed by atoms with van der Waals surface area (Å²) in [6, 6.07) is 0. The van der Waals surface area contributed by atoms with Crippen LogP contribution >= 0.6 is 7.37 Å². The Labute approximate surface area is 61.7 Å². The maximum absolute atomic E-state index is 11.2. The fraction of sp³-hybridized carbons (Fsp3) is 0.429. The molecule has 0 spiro atoms. The summed E-state index contributed by atoms with van der Waals surface area (Å²) in [6.45, 7) is 3.43. The lowest BCUT2D eigenvalue weighted by atomic mass is 10.8. The van der Waals surface area contributed by atoms with Crippen molar-refractivity contribution in [2.75, 3.05) is 13.3 Å². The van der Waals surface area contributed by atoms with Crippen molar-refractivity contribution >= 4 is 7.37 Å². The molecule has 1 unspecified atom stereocenters. The predicted octanol–water partition coefficient (Wildman–Crippen LogP) is 2.08. The summed E-state index contributed by atoms with van der Waals surface area (Å²) >= 11 is 0. The molecule has 2 nitrogen and oxygen atoms in total. The molecule has 0 amide bonds. The van der Waals surface area contributed by atoms with Gasteiger partial charge in [-0.25, -0.2) is 0 Å². The summed E-state index contributed by atoms with van der Waals surface area (Å²) in [6.07, 6.45) is 6.60. The zero-order chi connectivity index (χ0) is 8.04. The van der Waals surface area contributed by atoms with Gasteiger partial charge in [-0.15, -0.1) is 6.42 Å². The average molecular weight is 158 g/mol. The van der Waals surface area contributed by atoms with Gasteiger partial charge in [0.15, 0.2) is 0 Å². The van der Waals surface area contributed by atoms with E-state index >= 15 is 0 Å². The van der Waals surface area contributed by atoms with Crippen molar-refractivity contribution in [1.29, 1.82) is 0 Å². The summed E-state index contributed by atoms with van der Waals surface area (Å²) in [4.78, 5) is 0. The van der Waals surface area contributed by atoms with Crippen LogP contribution in [0.5, 0.6) is 0 Å². The van der Waals surface area contributed by atoms with Gasteiger partial charge in [0.25, 0.3) is 0 Å². The highest BCUT2D eigenvalue weighted by Crippen LogP contribution is 2.43. The summed E-state index contributed by atoms with van der Waals surface area (Å²) in [7, 11) is -2.53. The molecule has 0 saturated heterocycles. The van der Waals surface area contributed by atoms with E-state index in [1.54, 1.807) is 13.0 Å². The Kier molecular flexibility index (Phi) is 4.11. The molecule has 0 fully saturated rings. The van der Waals surface area contributed by atoms with Crippen LogP contribution in [0.15, 0.2) is 11.9 Å². The fourth-order valence-corrected chi connectivity index (χ4v) is 1.44. The highest BCUT2D eigenvalue weighted by atomic mass is 31.2. The standard InChI is InChI=1S/C7H11O2P/c1-4-6-9-10(3,8)7-5-2/h1,5,7H,6H2,2-3H3. The lowest BCUT2D eigenvalue weighted by molar-refractivity contribution is 0.371. The molecular weight excluding hydrogens is 147 g/mol. The maximum Gasteiger partial charge on any atom is 0.222 e. The molecule has 0 aliphatic carbocycles. The third-order valence-electron chi connectivity index (χ3n) is 0.824. The molecule has 0 aliphatic heterocycles. The van der Waals surface area contributed by atoms with Crippen LogP contribution in [0.2, 0.25) is 0 Å². The van der Waals surface area contributed by atoms with Gasteiger partial charge in [-0.05, 0) is 12.7 Å². The minimum Gasteiger partial charge on any atom is -0.313 e. The van der Waals surface area contributed by atoms with Crippen molar-refractivity contribution in [3.8, 4) is 12.3 Å². The topological polar surface area (TPSA) is 26.3 Å². The number of terminal acetylenes is 1. The third kappa shape index (κ3) is 4.38. The molecule has 10 heavy (non-hydrogen) atoms.